The Kier molecular flexibility index (Phi) is 3.73. The zero-order chi connectivity index (χ0) is 16.4. The lowest BCUT2D eigenvalue weighted by atomic mass is 9.55. The molecule has 0 spiro atoms. The first-order valence-electron chi connectivity index (χ1n) is 7.75. The second-order valence-electron chi connectivity index (χ2n) is 6.11. The number of hydrogen-bond donors (Lipinski definition) is 0. The minimum absolute atomic E-state index is 0.0463. The number of rotatable bonds is 1. The van der Waals surface area contributed by atoms with E-state index in [1.807, 2.05) is 48.5 Å². The van der Waals surface area contributed by atoms with Crippen LogP contribution in [0.15, 0.2) is 41.5 Å². The van der Waals surface area contributed by atoms with Crippen molar-refractivity contribution in [3.8, 4) is 18.2 Å². The molecule has 4 nitrogen and oxygen atoms in total. The monoisotopic (exact) mass is 301 g/mol. The molecule has 0 heterocycles. The van der Waals surface area contributed by atoms with Gasteiger partial charge in [-0.25, -0.2) is 0 Å². The molecule has 2 aliphatic rings. The van der Waals surface area contributed by atoms with Crippen LogP contribution in [-0.4, -0.2) is 5.78 Å². The zero-order valence-corrected chi connectivity index (χ0v) is 12.6. The lowest BCUT2D eigenvalue weighted by Gasteiger charge is -2.42. The average molecular weight is 301 g/mol. The molecule has 1 aromatic rings. The standard InChI is InChI=1S/C19H15N3O/c20-10-16-14-8-4-5-9-15(14)17(13-6-2-1-3-7-13)19(11-21,12-22)18(16)23/h1-3,6-7,15,17H,4-5,8-9H2/t15-,17+/m0/s1. The summed E-state index contributed by atoms with van der Waals surface area (Å²) >= 11 is 0. The maximum absolute atomic E-state index is 12.9. The molecule has 0 N–H and O–H groups in total. The van der Waals surface area contributed by atoms with Crippen molar-refractivity contribution in [1.82, 2.24) is 0 Å². The number of allylic oxidation sites excluding steroid dienone is 2. The Bertz CT molecular complexity index is 788. The van der Waals surface area contributed by atoms with Crippen molar-refractivity contribution in [2.45, 2.75) is 31.6 Å². The summed E-state index contributed by atoms with van der Waals surface area (Å²) in [6.07, 6.45) is 3.43. The first-order chi connectivity index (χ1) is 11.2. The Hall–Kier alpha value is -2.90. The predicted octanol–water partition coefficient (Wildman–Crippen LogP) is 3.40. The minimum Gasteiger partial charge on any atom is -0.290 e. The van der Waals surface area contributed by atoms with Gasteiger partial charge in [-0.15, -0.1) is 0 Å². The van der Waals surface area contributed by atoms with Gasteiger partial charge in [0, 0.05) is 5.92 Å². The van der Waals surface area contributed by atoms with Crippen molar-refractivity contribution >= 4 is 5.78 Å². The number of nitrogens with zero attached hydrogens (tertiary/aromatic N) is 3. The average Bonchev–Trinajstić information content (AvgIpc) is 2.61. The maximum atomic E-state index is 12.9. The van der Waals surface area contributed by atoms with E-state index in [1.165, 1.54) is 0 Å². The molecule has 4 heteroatoms. The molecule has 23 heavy (non-hydrogen) atoms. The Morgan fingerprint density at radius 1 is 1.04 bits per heavy atom. The van der Waals surface area contributed by atoms with Crippen LogP contribution in [0.3, 0.4) is 0 Å². The number of fused-ring (bicyclic) bond motifs is 1. The lowest BCUT2D eigenvalue weighted by Crippen LogP contribution is -2.45. The van der Waals surface area contributed by atoms with Crippen LogP contribution in [0.1, 0.15) is 37.2 Å². The highest BCUT2D eigenvalue weighted by molar-refractivity contribution is 6.09. The van der Waals surface area contributed by atoms with Crippen molar-refractivity contribution in [2.24, 2.45) is 11.3 Å². The number of hydrogen-bond acceptors (Lipinski definition) is 4. The Morgan fingerprint density at radius 2 is 1.74 bits per heavy atom. The first kappa shape index (κ1) is 15.0. The van der Waals surface area contributed by atoms with Crippen molar-refractivity contribution in [3.05, 3.63) is 47.0 Å². The highest BCUT2D eigenvalue weighted by Gasteiger charge is 2.56. The van der Waals surface area contributed by atoms with Gasteiger partial charge in [0.2, 0.25) is 11.2 Å². The van der Waals surface area contributed by atoms with Gasteiger partial charge in [-0.1, -0.05) is 36.8 Å². The van der Waals surface area contributed by atoms with E-state index in [0.717, 1.165) is 30.4 Å². The fourth-order valence-electron chi connectivity index (χ4n) is 4.03. The molecule has 1 fully saturated rings. The third-order valence-electron chi connectivity index (χ3n) is 5.06. The van der Waals surface area contributed by atoms with E-state index in [4.69, 9.17) is 0 Å². The Morgan fingerprint density at radius 3 is 2.35 bits per heavy atom. The highest BCUT2D eigenvalue weighted by atomic mass is 16.1. The molecule has 2 atom stereocenters. The molecule has 1 saturated carbocycles. The predicted molar refractivity (Wildman–Crippen MR) is 82.4 cm³/mol. The van der Waals surface area contributed by atoms with Gasteiger partial charge in [-0.3, -0.25) is 4.79 Å². The molecule has 0 bridgehead atoms. The smallest absolute Gasteiger partial charge is 0.214 e. The second-order valence-corrected chi connectivity index (χ2v) is 6.11. The fraction of sp³-hybridized carbons (Fsp3) is 0.368. The molecule has 0 radical (unpaired) electrons. The third kappa shape index (κ3) is 2.06. The number of ketones is 1. The van der Waals surface area contributed by atoms with Gasteiger partial charge in [0.05, 0.1) is 17.7 Å². The molecule has 2 aliphatic carbocycles. The number of carbonyl (C=O) groups is 1. The number of benzene rings is 1. The summed E-state index contributed by atoms with van der Waals surface area (Å²) in [6.45, 7) is 0. The largest absolute Gasteiger partial charge is 0.290 e. The maximum Gasteiger partial charge on any atom is 0.214 e. The van der Waals surface area contributed by atoms with Crippen LogP contribution in [0, 0.1) is 45.3 Å². The second kappa shape index (κ2) is 5.71. The molecule has 0 saturated heterocycles. The molecule has 0 aromatic heterocycles. The van der Waals surface area contributed by atoms with Crippen LogP contribution < -0.4 is 0 Å². The van der Waals surface area contributed by atoms with Crippen LogP contribution in [-0.2, 0) is 4.79 Å². The van der Waals surface area contributed by atoms with Gasteiger partial charge < -0.3 is 0 Å². The molecular formula is C19H15N3O. The minimum atomic E-state index is -1.81. The van der Waals surface area contributed by atoms with Crippen molar-refractivity contribution < 1.29 is 4.79 Å². The fourth-order valence-corrected chi connectivity index (χ4v) is 4.03. The highest BCUT2D eigenvalue weighted by Crippen LogP contribution is 2.54. The third-order valence-corrected chi connectivity index (χ3v) is 5.06. The van der Waals surface area contributed by atoms with Crippen LogP contribution in [0.25, 0.3) is 0 Å². The SMILES string of the molecule is N#CC1=C2CCCC[C@@H]2[C@@H](c2ccccc2)C(C#N)(C#N)C1=O. The van der Waals surface area contributed by atoms with E-state index in [0.29, 0.717) is 6.42 Å². The summed E-state index contributed by atoms with van der Waals surface area (Å²) in [4.78, 5) is 12.9. The molecule has 0 unspecified atom stereocenters. The van der Waals surface area contributed by atoms with Crippen molar-refractivity contribution in [1.29, 1.82) is 15.8 Å². The van der Waals surface area contributed by atoms with Gasteiger partial charge in [0.15, 0.2) is 0 Å². The van der Waals surface area contributed by atoms with Crippen LogP contribution in [0.2, 0.25) is 0 Å². The van der Waals surface area contributed by atoms with Crippen LogP contribution in [0.4, 0.5) is 0 Å². The number of Topliss-reactive ketones (excluding diaryl/α,β-unsaturated/α-hetero) is 1. The van der Waals surface area contributed by atoms with Gasteiger partial charge in [-0.2, -0.15) is 15.8 Å². The van der Waals surface area contributed by atoms with Gasteiger partial charge in [0.1, 0.15) is 6.07 Å². The quantitative estimate of drug-likeness (QED) is 0.795. The summed E-state index contributed by atoms with van der Waals surface area (Å²) in [7, 11) is 0. The topological polar surface area (TPSA) is 88.4 Å². The molecule has 0 amide bonds. The van der Waals surface area contributed by atoms with E-state index >= 15 is 0 Å². The summed E-state index contributed by atoms with van der Waals surface area (Å²) in [6, 6.07) is 15.2. The van der Waals surface area contributed by atoms with Gasteiger partial charge >= 0.3 is 0 Å². The Balaban J connectivity index is 2.29. The van der Waals surface area contributed by atoms with Gasteiger partial charge in [0.25, 0.3) is 0 Å². The molecule has 112 valence electrons. The molecular weight excluding hydrogens is 286 g/mol. The lowest BCUT2D eigenvalue weighted by molar-refractivity contribution is -0.121. The van der Waals surface area contributed by atoms with E-state index < -0.39 is 17.1 Å². The molecule has 0 aliphatic heterocycles. The van der Waals surface area contributed by atoms with E-state index in [1.54, 1.807) is 0 Å². The van der Waals surface area contributed by atoms with E-state index in [2.05, 4.69) is 0 Å². The number of nitriles is 3. The van der Waals surface area contributed by atoms with Crippen molar-refractivity contribution in [2.75, 3.05) is 0 Å². The Labute approximate surface area is 135 Å². The van der Waals surface area contributed by atoms with Crippen LogP contribution in [0.5, 0.6) is 0 Å². The first-order valence-corrected chi connectivity index (χ1v) is 7.75. The summed E-state index contributed by atoms with van der Waals surface area (Å²) in [5.74, 6) is -1.21. The van der Waals surface area contributed by atoms with Gasteiger partial charge in [-0.05, 0) is 36.3 Å². The number of carbonyl (C=O) groups excluding carboxylic acids is 1. The zero-order valence-electron chi connectivity index (χ0n) is 12.6. The summed E-state index contributed by atoms with van der Waals surface area (Å²) in [5, 5.41) is 28.9. The van der Waals surface area contributed by atoms with Crippen molar-refractivity contribution in [3.63, 3.8) is 0 Å². The van der Waals surface area contributed by atoms with Crippen LogP contribution >= 0.6 is 0 Å². The van der Waals surface area contributed by atoms with E-state index in [-0.39, 0.29) is 11.5 Å². The normalized spacial score (nSPS) is 25.7. The summed E-state index contributed by atoms with van der Waals surface area (Å²) < 4.78 is 0. The summed E-state index contributed by atoms with van der Waals surface area (Å²) in [5.41, 5.74) is -0.0909. The molecule has 1 aromatic carbocycles. The molecule has 3 rings (SSSR count). The van der Waals surface area contributed by atoms with E-state index in [9.17, 15) is 20.6 Å².